The van der Waals surface area contributed by atoms with Crippen LogP contribution in [-0.2, 0) is 13.0 Å². The number of nitrogens with zero attached hydrogens (tertiary/aromatic N) is 3. The standard InChI is InChI=1S/C16H24N4O/c1-4-10-20-16(15(21-3)12-19-20)14(18-5-2)11-13-6-8-17-9-7-13/h6-9,12,14,18H,4-5,10-11H2,1-3H3. The summed E-state index contributed by atoms with van der Waals surface area (Å²) in [6.45, 7) is 6.07. The molecule has 0 fully saturated rings. The van der Waals surface area contributed by atoms with E-state index in [-0.39, 0.29) is 6.04 Å². The second-order valence-electron chi connectivity index (χ2n) is 4.99. The molecular weight excluding hydrogens is 264 g/mol. The Morgan fingerprint density at radius 2 is 2.05 bits per heavy atom. The number of aromatic nitrogens is 3. The highest BCUT2D eigenvalue weighted by molar-refractivity contribution is 5.30. The molecule has 0 aliphatic carbocycles. The fraction of sp³-hybridized carbons (Fsp3) is 0.500. The van der Waals surface area contributed by atoms with Crippen molar-refractivity contribution in [3.8, 4) is 5.75 Å². The zero-order chi connectivity index (χ0) is 15.1. The van der Waals surface area contributed by atoms with E-state index in [1.807, 2.05) is 23.3 Å². The molecule has 2 rings (SSSR count). The highest BCUT2D eigenvalue weighted by Crippen LogP contribution is 2.27. The van der Waals surface area contributed by atoms with Gasteiger partial charge in [-0.25, -0.2) is 0 Å². The Labute approximate surface area is 126 Å². The van der Waals surface area contributed by atoms with Crippen LogP contribution in [0.15, 0.2) is 30.7 Å². The zero-order valence-corrected chi connectivity index (χ0v) is 13.0. The molecule has 114 valence electrons. The van der Waals surface area contributed by atoms with Gasteiger partial charge >= 0.3 is 0 Å². The summed E-state index contributed by atoms with van der Waals surface area (Å²) in [6, 6.07) is 4.29. The summed E-state index contributed by atoms with van der Waals surface area (Å²) in [5, 5.41) is 8.01. The third-order valence-corrected chi connectivity index (χ3v) is 3.47. The number of hydrogen-bond acceptors (Lipinski definition) is 4. The van der Waals surface area contributed by atoms with E-state index in [0.29, 0.717) is 0 Å². The van der Waals surface area contributed by atoms with Crippen molar-refractivity contribution in [2.75, 3.05) is 13.7 Å². The predicted molar refractivity (Wildman–Crippen MR) is 83.4 cm³/mol. The molecule has 5 heteroatoms. The van der Waals surface area contributed by atoms with Crippen molar-refractivity contribution in [3.63, 3.8) is 0 Å². The van der Waals surface area contributed by atoms with Crippen molar-refractivity contribution in [1.29, 1.82) is 0 Å². The van der Waals surface area contributed by atoms with Gasteiger partial charge in [0.15, 0.2) is 5.75 Å². The number of pyridine rings is 1. The lowest BCUT2D eigenvalue weighted by atomic mass is 10.0. The number of nitrogens with one attached hydrogen (secondary N) is 1. The quantitative estimate of drug-likeness (QED) is 0.811. The normalized spacial score (nSPS) is 12.3. The van der Waals surface area contributed by atoms with Crippen LogP contribution >= 0.6 is 0 Å². The summed E-state index contributed by atoms with van der Waals surface area (Å²) in [4.78, 5) is 4.08. The van der Waals surface area contributed by atoms with Gasteiger partial charge in [-0.15, -0.1) is 0 Å². The van der Waals surface area contributed by atoms with Crippen LogP contribution in [0.5, 0.6) is 5.75 Å². The smallest absolute Gasteiger partial charge is 0.161 e. The maximum atomic E-state index is 5.50. The minimum atomic E-state index is 0.182. The number of rotatable bonds is 8. The van der Waals surface area contributed by atoms with E-state index < -0.39 is 0 Å². The molecule has 0 bridgehead atoms. The first-order chi connectivity index (χ1) is 10.3. The van der Waals surface area contributed by atoms with E-state index in [4.69, 9.17) is 4.74 Å². The molecule has 2 aromatic rings. The maximum absolute atomic E-state index is 5.50. The summed E-state index contributed by atoms with van der Waals surface area (Å²) < 4.78 is 7.55. The number of hydrogen-bond donors (Lipinski definition) is 1. The topological polar surface area (TPSA) is 52.0 Å². The lowest BCUT2D eigenvalue weighted by Crippen LogP contribution is -2.26. The molecule has 2 aromatic heterocycles. The Kier molecular flexibility index (Phi) is 5.75. The Bertz CT molecular complexity index is 538. The van der Waals surface area contributed by atoms with Gasteiger partial charge in [0.1, 0.15) is 0 Å². The van der Waals surface area contributed by atoms with E-state index in [1.54, 1.807) is 7.11 Å². The molecule has 0 radical (unpaired) electrons. The van der Waals surface area contributed by atoms with Crippen molar-refractivity contribution in [2.45, 2.75) is 39.3 Å². The number of methoxy groups -OCH3 is 1. The molecule has 21 heavy (non-hydrogen) atoms. The Morgan fingerprint density at radius 3 is 2.67 bits per heavy atom. The molecular formula is C16H24N4O. The highest BCUT2D eigenvalue weighted by atomic mass is 16.5. The molecule has 5 nitrogen and oxygen atoms in total. The summed E-state index contributed by atoms with van der Waals surface area (Å²) in [5.74, 6) is 0.850. The lowest BCUT2D eigenvalue weighted by molar-refractivity contribution is 0.390. The SMILES string of the molecule is CCCn1ncc(OC)c1C(Cc1ccncc1)NCC. The highest BCUT2D eigenvalue weighted by Gasteiger charge is 2.21. The van der Waals surface area contributed by atoms with E-state index in [2.05, 4.69) is 41.4 Å². The average molecular weight is 288 g/mol. The minimum absolute atomic E-state index is 0.182. The van der Waals surface area contributed by atoms with Crippen LogP contribution in [0.1, 0.15) is 37.6 Å². The van der Waals surface area contributed by atoms with E-state index in [9.17, 15) is 0 Å². The van der Waals surface area contributed by atoms with Crippen LogP contribution in [0, 0.1) is 0 Å². The molecule has 0 amide bonds. The number of aryl methyl sites for hydroxylation is 1. The second kappa shape index (κ2) is 7.78. The summed E-state index contributed by atoms with van der Waals surface area (Å²) >= 11 is 0. The Balaban J connectivity index is 2.30. The summed E-state index contributed by atoms with van der Waals surface area (Å²) in [7, 11) is 1.70. The van der Waals surface area contributed by atoms with Gasteiger partial charge in [-0.2, -0.15) is 5.10 Å². The van der Waals surface area contributed by atoms with Gasteiger partial charge in [0.05, 0.1) is 25.0 Å². The van der Waals surface area contributed by atoms with E-state index in [1.165, 1.54) is 5.56 Å². The largest absolute Gasteiger partial charge is 0.493 e. The third kappa shape index (κ3) is 3.82. The third-order valence-electron chi connectivity index (χ3n) is 3.47. The zero-order valence-electron chi connectivity index (χ0n) is 13.0. The molecule has 2 heterocycles. The summed E-state index contributed by atoms with van der Waals surface area (Å²) in [6.07, 6.45) is 7.41. The Morgan fingerprint density at radius 1 is 1.29 bits per heavy atom. The molecule has 0 saturated heterocycles. The van der Waals surface area contributed by atoms with Crippen molar-refractivity contribution in [3.05, 3.63) is 42.0 Å². The summed E-state index contributed by atoms with van der Waals surface area (Å²) in [5.41, 5.74) is 2.38. The molecule has 0 aromatic carbocycles. The van der Waals surface area contributed by atoms with Crippen LogP contribution in [0.3, 0.4) is 0 Å². The first kappa shape index (κ1) is 15.5. The molecule has 0 spiro atoms. The van der Waals surface area contributed by atoms with Crippen molar-refractivity contribution in [2.24, 2.45) is 0 Å². The van der Waals surface area contributed by atoms with Gasteiger partial charge < -0.3 is 10.1 Å². The molecule has 1 atom stereocenters. The molecule has 1 N–H and O–H groups in total. The van der Waals surface area contributed by atoms with Crippen molar-refractivity contribution >= 4 is 0 Å². The van der Waals surface area contributed by atoms with Crippen LogP contribution < -0.4 is 10.1 Å². The van der Waals surface area contributed by atoms with Crippen LogP contribution in [0.25, 0.3) is 0 Å². The van der Waals surface area contributed by atoms with Crippen molar-refractivity contribution < 1.29 is 4.74 Å². The number of likely N-dealkylation sites (N-methyl/N-ethyl adjacent to an activating group) is 1. The van der Waals surface area contributed by atoms with Crippen LogP contribution in [-0.4, -0.2) is 28.4 Å². The van der Waals surface area contributed by atoms with Crippen molar-refractivity contribution in [1.82, 2.24) is 20.1 Å². The monoisotopic (exact) mass is 288 g/mol. The second-order valence-corrected chi connectivity index (χ2v) is 4.99. The fourth-order valence-corrected chi connectivity index (χ4v) is 2.54. The molecule has 0 aliphatic heterocycles. The minimum Gasteiger partial charge on any atom is -0.493 e. The first-order valence-electron chi connectivity index (χ1n) is 7.52. The number of ether oxygens (including phenoxy) is 1. The van der Waals surface area contributed by atoms with Crippen LogP contribution in [0.4, 0.5) is 0 Å². The van der Waals surface area contributed by atoms with Gasteiger partial charge in [-0.05, 0) is 37.1 Å². The van der Waals surface area contributed by atoms with Gasteiger partial charge in [0.25, 0.3) is 0 Å². The predicted octanol–water partition coefficient (Wildman–Crippen LogP) is 2.59. The van der Waals surface area contributed by atoms with Crippen LogP contribution in [0.2, 0.25) is 0 Å². The molecule has 0 saturated carbocycles. The molecule has 1 unspecified atom stereocenters. The first-order valence-corrected chi connectivity index (χ1v) is 7.52. The van der Waals surface area contributed by atoms with E-state index in [0.717, 1.165) is 37.4 Å². The maximum Gasteiger partial charge on any atom is 0.161 e. The van der Waals surface area contributed by atoms with Gasteiger partial charge in [-0.1, -0.05) is 13.8 Å². The van der Waals surface area contributed by atoms with Gasteiger partial charge in [-0.3, -0.25) is 9.67 Å². The lowest BCUT2D eigenvalue weighted by Gasteiger charge is -2.20. The Hall–Kier alpha value is -1.88. The molecule has 0 aliphatic rings. The van der Waals surface area contributed by atoms with E-state index >= 15 is 0 Å². The van der Waals surface area contributed by atoms with Gasteiger partial charge in [0.2, 0.25) is 0 Å². The fourth-order valence-electron chi connectivity index (χ4n) is 2.54. The average Bonchev–Trinajstić information content (AvgIpc) is 2.91. The van der Waals surface area contributed by atoms with Gasteiger partial charge in [0, 0.05) is 18.9 Å².